The number of amides is 1. The summed E-state index contributed by atoms with van der Waals surface area (Å²) in [6.45, 7) is 6.95. The van der Waals surface area contributed by atoms with Gasteiger partial charge in [-0.1, -0.05) is 117 Å². The average molecular weight is 584 g/mol. The molecule has 0 aromatic carbocycles. The third kappa shape index (κ3) is 21.5. The van der Waals surface area contributed by atoms with Crippen molar-refractivity contribution in [1.82, 2.24) is 0 Å². The maximum Gasteiger partial charge on any atom is 0.472 e. The topological polar surface area (TPSA) is 88.7 Å². The second-order valence-corrected chi connectivity index (χ2v) is 12.8. The van der Waals surface area contributed by atoms with Crippen LogP contribution in [-0.4, -0.2) is 24.0 Å². The number of hydrogen-bond donors (Lipinski definition) is 2. The summed E-state index contributed by atoms with van der Waals surface area (Å²) in [5, 5.41) is 2.73. The van der Waals surface area contributed by atoms with E-state index in [9.17, 15) is 14.3 Å². The SMILES string of the molecule is CCCCCCCCCCCCCCCCCC(CCC)COP(=O)(O)OCCC[n+]1ccc(NC(C)=O)cc1. The molecule has 2 N–H and O–H groups in total. The highest BCUT2D eigenvalue weighted by Crippen LogP contribution is 2.44. The van der Waals surface area contributed by atoms with Crippen molar-refractivity contribution in [3.63, 3.8) is 0 Å². The van der Waals surface area contributed by atoms with Gasteiger partial charge in [0.2, 0.25) is 5.91 Å². The van der Waals surface area contributed by atoms with Crippen LogP contribution < -0.4 is 9.88 Å². The van der Waals surface area contributed by atoms with E-state index in [2.05, 4.69) is 19.2 Å². The van der Waals surface area contributed by atoms with Crippen molar-refractivity contribution in [3.8, 4) is 0 Å². The van der Waals surface area contributed by atoms with Crippen molar-refractivity contribution >= 4 is 19.4 Å². The summed E-state index contributed by atoms with van der Waals surface area (Å²) in [5.41, 5.74) is 0.735. The summed E-state index contributed by atoms with van der Waals surface area (Å²) in [6.07, 6.45) is 27.7. The molecule has 0 radical (unpaired) electrons. The van der Waals surface area contributed by atoms with Crippen molar-refractivity contribution in [2.24, 2.45) is 5.92 Å². The zero-order valence-electron chi connectivity index (χ0n) is 25.9. The van der Waals surface area contributed by atoms with E-state index in [-0.39, 0.29) is 19.1 Å². The van der Waals surface area contributed by atoms with Gasteiger partial charge in [-0.2, -0.15) is 0 Å². The number of nitrogens with one attached hydrogen (secondary N) is 1. The first-order valence-corrected chi connectivity index (χ1v) is 17.7. The number of aromatic nitrogens is 1. The largest absolute Gasteiger partial charge is 0.472 e. The van der Waals surface area contributed by atoms with Gasteiger partial charge in [0.05, 0.1) is 18.9 Å². The molecule has 0 aliphatic heterocycles. The van der Waals surface area contributed by atoms with Gasteiger partial charge in [-0.05, 0) is 18.8 Å². The lowest BCUT2D eigenvalue weighted by atomic mass is 9.96. The van der Waals surface area contributed by atoms with Gasteiger partial charge in [0.15, 0.2) is 18.9 Å². The van der Waals surface area contributed by atoms with E-state index in [4.69, 9.17) is 9.05 Å². The Kier molecular flexibility index (Phi) is 22.4. The highest BCUT2D eigenvalue weighted by atomic mass is 31.2. The highest BCUT2D eigenvalue weighted by Gasteiger charge is 2.23. The number of phosphoric acid groups is 1. The molecular weight excluding hydrogens is 523 g/mol. The van der Waals surface area contributed by atoms with E-state index in [0.717, 1.165) is 31.4 Å². The Hall–Kier alpha value is -1.27. The van der Waals surface area contributed by atoms with Crippen LogP contribution in [0.4, 0.5) is 5.69 Å². The molecule has 0 spiro atoms. The number of hydrogen-bond acceptors (Lipinski definition) is 4. The van der Waals surface area contributed by atoms with Crippen molar-refractivity contribution < 1.29 is 27.9 Å². The summed E-state index contributed by atoms with van der Waals surface area (Å²) in [5.74, 6) is 0.189. The smallest absolute Gasteiger partial charge is 0.326 e. The minimum Gasteiger partial charge on any atom is -0.326 e. The van der Waals surface area contributed by atoms with Crippen molar-refractivity contribution in [3.05, 3.63) is 24.5 Å². The Morgan fingerprint density at radius 2 is 1.32 bits per heavy atom. The molecule has 7 nitrogen and oxygen atoms in total. The number of carbonyl (C=O) groups excluding carboxylic acids is 1. The third-order valence-electron chi connectivity index (χ3n) is 7.41. The molecule has 2 atom stereocenters. The molecule has 8 heteroatoms. The molecule has 0 fully saturated rings. The molecule has 1 amide bonds. The second-order valence-electron chi connectivity index (χ2n) is 11.4. The lowest BCUT2D eigenvalue weighted by Gasteiger charge is -2.18. The van der Waals surface area contributed by atoms with E-state index < -0.39 is 7.82 Å². The molecular formula is C32H60N2O5P+. The van der Waals surface area contributed by atoms with E-state index in [1.165, 1.54) is 96.8 Å². The van der Waals surface area contributed by atoms with Crippen LogP contribution in [0.5, 0.6) is 0 Å². The van der Waals surface area contributed by atoms with Crippen molar-refractivity contribution in [2.75, 3.05) is 18.5 Å². The van der Waals surface area contributed by atoms with Crippen LogP contribution in [0.1, 0.15) is 143 Å². The predicted octanol–water partition coefficient (Wildman–Crippen LogP) is 9.13. The van der Waals surface area contributed by atoms with Gasteiger partial charge in [0.1, 0.15) is 0 Å². The Morgan fingerprint density at radius 3 is 1.82 bits per heavy atom. The Morgan fingerprint density at radius 1 is 0.800 bits per heavy atom. The fraction of sp³-hybridized carbons (Fsp3) is 0.812. The van der Waals surface area contributed by atoms with Gasteiger partial charge >= 0.3 is 7.82 Å². The minimum atomic E-state index is -4.05. The average Bonchev–Trinajstić information content (AvgIpc) is 2.92. The Balaban J connectivity index is 2.07. The lowest BCUT2D eigenvalue weighted by molar-refractivity contribution is -0.697. The molecule has 0 aliphatic carbocycles. The fourth-order valence-corrected chi connectivity index (χ4v) is 5.91. The summed E-state index contributed by atoms with van der Waals surface area (Å²) >= 11 is 0. The third-order valence-corrected chi connectivity index (χ3v) is 8.40. The molecule has 0 aliphatic rings. The number of aryl methyl sites for hydroxylation is 1. The number of pyridine rings is 1. The van der Waals surface area contributed by atoms with Crippen LogP contribution in [0, 0.1) is 5.92 Å². The van der Waals surface area contributed by atoms with Crippen LogP contribution >= 0.6 is 7.82 Å². The van der Waals surface area contributed by atoms with Gasteiger partial charge in [0.25, 0.3) is 0 Å². The molecule has 0 saturated carbocycles. The van der Waals surface area contributed by atoms with Gasteiger partial charge in [-0.15, -0.1) is 0 Å². The first-order chi connectivity index (χ1) is 19.4. The zero-order chi connectivity index (χ0) is 29.3. The van der Waals surface area contributed by atoms with E-state index in [1.54, 1.807) is 0 Å². The molecule has 1 rings (SSSR count). The molecule has 232 valence electrons. The molecule has 40 heavy (non-hydrogen) atoms. The Labute approximate surface area is 245 Å². The lowest BCUT2D eigenvalue weighted by Crippen LogP contribution is -2.33. The summed E-state index contributed by atoms with van der Waals surface area (Å²) in [6, 6.07) is 3.63. The van der Waals surface area contributed by atoms with E-state index >= 15 is 0 Å². The van der Waals surface area contributed by atoms with Crippen LogP contribution in [0.25, 0.3) is 0 Å². The van der Waals surface area contributed by atoms with Crippen LogP contribution in [-0.2, 0) is 25.0 Å². The quantitative estimate of drug-likeness (QED) is 0.0612. The standard InChI is InChI=1S/C32H59N2O5P/c1-4-6-7-8-9-10-11-12-13-14-15-16-17-18-19-22-31(21-5-2)29-39-40(36,37)38-28-20-25-34-26-23-32(24-27-34)33-30(3)35/h23-24,26-27,31H,4-22,25,28-29H2,1-3H3,(H,36,37)/p+1. The van der Waals surface area contributed by atoms with Gasteiger partial charge in [0, 0.05) is 25.5 Å². The number of anilines is 1. The summed E-state index contributed by atoms with van der Waals surface area (Å²) in [4.78, 5) is 21.2. The van der Waals surface area contributed by atoms with Gasteiger partial charge in [-0.3, -0.25) is 13.8 Å². The first kappa shape index (κ1) is 36.8. The number of phosphoric ester groups is 1. The molecule has 1 aromatic rings. The molecule has 0 saturated heterocycles. The van der Waals surface area contributed by atoms with Crippen LogP contribution in [0.2, 0.25) is 0 Å². The van der Waals surface area contributed by atoms with E-state index in [0.29, 0.717) is 18.9 Å². The van der Waals surface area contributed by atoms with Crippen LogP contribution in [0.15, 0.2) is 24.5 Å². The van der Waals surface area contributed by atoms with Gasteiger partial charge < -0.3 is 10.2 Å². The Bertz CT molecular complexity index is 790. The maximum atomic E-state index is 12.4. The number of carbonyl (C=O) groups is 1. The summed E-state index contributed by atoms with van der Waals surface area (Å²) < 4.78 is 24.9. The maximum absolute atomic E-state index is 12.4. The van der Waals surface area contributed by atoms with Crippen LogP contribution in [0.3, 0.4) is 0 Å². The fourth-order valence-electron chi connectivity index (χ4n) is 5.08. The van der Waals surface area contributed by atoms with E-state index in [1.807, 2.05) is 29.1 Å². The number of nitrogens with zero attached hydrogens (tertiary/aromatic N) is 1. The molecule has 0 bridgehead atoms. The number of rotatable bonds is 27. The second kappa shape index (κ2) is 24.3. The van der Waals surface area contributed by atoms with Crippen molar-refractivity contribution in [1.29, 1.82) is 0 Å². The molecule has 2 unspecified atom stereocenters. The van der Waals surface area contributed by atoms with Gasteiger partial charge in [-0.25, -0.2) is 9.13 Å². The number of unbranched alkanes of at least 4 members (excludes halogenated alkanes) is 14. The minimum absolute atomic E-state index is 0.110. The predicted molar refractivity (Wildman–Crippen MR) is 165 cm³/mol. The highest BCUT2D eigenvalue weighted by molar-refractivity contribution is 7.47. The first-order valence-electron chi connectivity index (χ1n) is 16.2. The normalized spacial score (nSPS) is 13.7. The summed E-state index contributed by atoms with van der Waals surface area (Å²) in [7, 11) is -4.05. The molecule has 1 aromatic heterocycles. The molecule has 1 heterocycles. The van der Waals surface area contributed by atoms with Crippen molar-refractivity contribution in [2.45, 2.75) is 149 Å². The monoisotopic (exact) mass is 583 g/mol. The zero-order valence-corrected chi connectivity index (χ0v) is 26.8.